The summed E-state index contributed by atoms with van der Waals surface area (Å²) in [5.41, 5.74) is 0.565. The summed E-state index contributed by atoms with van der Waals surface area (Å²) in [7, 11) is 0. The first-order valence-corrected chi connectivity index (χ1v) is 7.18. The van der Waals surface area contributed by atoms with Gasteiger partial charge in [-0.25, -0.2) is 4.68 Å². The molecule has 1 aliphatic heterocycles. The van der Waals surface area contributed by atoms with Gasteiger partial charge in [-0.05, 0) is 52.6 Å². The predicted octanol–water partition coefficient (Wildman–Crippen LogP) is 2.09. The van der Waals surface area contributed by atoms with Crippen LogP contribution in [-0.2, 0) is 0 Å². The maximum Gasteiger partial charge on any atom is 0.333 e. The van der Waals surface area contributed by atoms with Gasteiger partial charge in [0.05, 0.1) is 4.92 Å². The fourth-order valence-electron chi connectivity index (χ4n) is 2.64. The zero-order valence-electron chi connectivity index (χ0n) is 12.3. The van der Waals surface area contributed by atoms with Gasteiger partial charge in [0.15, 0.2) is 0 Å². The minimum Gasteiger partial charge on any atom is -0.364 e. The van der Waals surface area contributed by atoms with Gasteiger partial charge in [-0.15, -0.1) is 0 Å². The van der Waals surface area contributed by atoms with Crippen molar-refractivity contribution < 1.29 is 4.92 Å². The molecular weight excluding hydrogens is 258 g/mol. The number of rotatable bonds is 5. The molecule has 0 amide bonds. The molecule has 0 radical (unpaired) electrons. The molecule has 20 heavy (non-hydrogen) atoms. The highest BCUT2D eigenvalue weighted by Gasteiger charge is 2.27. The van der Waals surface area contributed by atoms with E-state index in [1.807, 2.05) is 13.8 Å². The van der Waals surface area contributed by atoms with E-state index in [1.54, 1.807) is 11.6 Å². The van der Waals surface area contributed by atoms with Crippen molar-refractivity contribution in [2.75, 3.05) is 25.0 Å². The van der Waals surface area contributed by atoms with Gasteiger partial charge in [0, 0.05) is 12.6 Å². The summed E-state index contributed by atoms with van der Waals surface area (Å²) in [5.74, 6) is 1.05. The number of nitrogens with zero attached hydrogens (tertiary/aromatic N) is 3. The highest BCUT2D eigenvalue weighted by atomic mass is 16.6. The van der Waals surface area contributed by atoms with Crippen molar-refractivity contribution >= 4 is 11.5 Å². The largest absolute Gasteiger partial charge is 0.364 e. The van der Waals surface area contributed by atoms with E-state index in [-0.39, 0.29) is 16.7 Å². The van der Waals surface area contributed by atoms with Crippen molar-refractivity contribution in [2.24, 2.45) is 5.92 Å². The number of piperidine rings is 1. The molecule has 0 bridgehead atoms. The SMILES string of the molecule is Cc1nn(C(C)C)c(NCC2CCCNC2)c1[N+](=O)[O-]. The number of hydrogen-bond donors (Lipinski definition) is 2. The van der Waals surface area contributed by atoms with Gasteiger partial charge in [0.1, 0.15) is 5.69 Å². The highest BCUT2D eigenvalue weighted by molar-refractivity contribution is 5.59. The Labute approximate surface area is 118 Å². The Hall–Kier alpha value is -1.63. The Kier molecular flexibility index (Phi) is 4.59. The summed E-state index contributed by atoms with van der Waals surface area (Å²) in [6.07, 6.45) is 2.32. The fourth-order valence-corrected chi connectivity index (χ4v) is 2.64. The van der Waals surface area contributed by atoms with E-state index in [9.17, 15) is 10.1 Å². The molecule has 112 valence electrons. The van der Waals surface area contributed by atoms with Crippen LogP contribution < -0.4 is 10.6 Å². The molecule has 0 aromatic carbocycles. The maximum atomic E-state index is 11.2. The minimum atomic E-state index is -0.345. The second kappa shape index (κ2) is 6.21. The van der Waals surface area contributed by atoms with Crippen molar-refractivity contribution in [3.05, 3.63) is 15.8 Å². The monoisotopic (exact) mass is 281 g/mol. The van der Waals surface area contributed by atoms with E-state index < -0.39 is 0 Å². The lowest BCUT2D eigenvalue weighted by Gasteiger charge is -2.23. The molecule has 2 N–H and O–H groups in total. The molecule has 0 saturated carbocycles. The summed E-state index contributed by atoms with van der Waals surface area (Å²) in [4.78, 5) is 10.9. The summed E-state index contributed by atoms with van der Waals surface area (Å²) in [6.45, 7) is 8.42. The van der Waals surface area contributed by atoms with E-state index in [0.29, 0.717) is 17.4 Å². The molecule has 1 aromatic rings. The van der Waals surface area contributed by atoms with Crippen LogP contribution in [0, 0.1) is 23.0 Å². The first-order chi connectivity index (χ1) is 9.50. The zero-order valence-corrected chi connectivity index (χ0v) is 12.3. The maximum absolute atomic E-state index is 11.2. The van der Waals surface area contributed by atoms with E-state index >= 15 is 0 Å². The third-order valence-electron chi connectivity index (χ3n) is 3.68. The molecule has 1 unspecified atom stereocenters. The summed E-state index contributed by atoms with van der Waals surface area (Å²) < 4.78 is 1.71. The number of nitro groups is 1. The Morgan fingerprint density at radius 1 is 1.60 bits per heavy atom. The minimum absolute atomic E-state index is 0.0920. The Morgan fingerprint density at radius 2 is 2.35 bits per heavy atom. The Bertz CT molecular complexity index is 477. The van der Waals surface area contributed by atoms with E-state index in [4.69, 9.17) is 0 Å². The standard InChI is InChI=1S/C13H23N5O2/c1-9(2)17-13(12(18(19)20)10(3)16-17)15-8-11-5-4-6-14-7-11/h9,11,14-15H,4-8H2,1-3H3. The Morgan fingerprint density at radius 3 is 2.90 bits per heavy atom. The van der Waals surface area contributed by atoms with Gasteiger partial charge in [-0.3, -0.25) is 10.1 Å². The Balaban J connectivity index is 2.17. The van der Waals surface area contributed by atoms with Gasteiger partial charge in [-0.2, -0.15) is 5.10 Å². The van der Waals surface area contributed by atoms with Crippen molar-refractivity contribution in [1.82, 2.24) is 15.1 Å². The quantitative estimate of drug-likeness (QED) is 0.637. The lowest BCUT2D eigenvalue weighted by atomic mass is 10.00. The van der Waals surface area contributed by atoms with E-state index in [0.717, 1.165) is 32.5 Å². The van der Waals surface area contributed by atoms with Gasteiger partial charge >= 0.3 is 5.69 Å². The predicted molar refractivity (Wildman–Crippen MR) is 78.1 cm³/mol. The molecule has 7 heteroatoms. The average Bonchev–Trinajstić information content (AvgIpc) is 2.74. The fraction of sp³-hybridized carbons (Fsp3) is 0.769. The number of anilines is 1. The third-order valence-corrected chi connectivity index (χ3v) is 3.68. The van der Waals surface area contributed by atoms with E-state index in [1.165, 1.54) is 0 Å². The first kappa shape index (κ1) is 14.8. The van der Waals surface area contributed by atoms with Crippen molar-refractivity contribution in [1.29, 1.82) is 0 Å². The van der Waals surface area contributed by atoms with Crippen LogP contribution in [0.1, 0.15) is 38.4 Å². The van der Waals surface area contributed by atoms with Crippen LogP contribution in [0.5, 0.6) is 0 Å². The first-order valence-electron chi connectivity index (χ1n) is 7.18. The van der Waals surface area contributed by atoms with Gasteiger partial charge in [0.2, 0.25) is 5.82 Å². The normalized spacial score (nSPS) is 19.3. The van der Waals surface area contributed by atoms with E-state index in [2.05, 4.69) is 15.7 Å². The number of nitrogens with one attached hydrogen (secondary N) is 2. The van der Waals surface area contributed by atoms with Crippen LogP contribution in [-0.4, -0.2) is 34.3 Å². The molecule has 2 heterocycles. The summed E-state index contributed by atoms with van der Waals surface area (Å²) >= 11 is 0. The lowest BCUT2D eigenvalue weighted by molar-refractivity contribution is -0.384. The molecule has 2 rings (SSSR count). The topological polar surface area (TPSA) is 85.0 Å². The number of hydrogen-bond acceptors (Lipinski definition) is 5. The van der Waals surface area contributed by atoms with Crippen molar-refractivity contribution in [3.63, 3.8) is 0 Å². The van der Waals surface area contributed by atoms with Crippen LogP contribution in [0.25, 0.3) is 0 Å². The molecule has 7 nitrogen and oxygen atoms in total. The average molecular weight is 281 g/mol. The summed E-state index contributed by atoms with van der Waals surface area (Å²) in [6, 6.07) is 0.0920. The summed E-state index contributed by atoms with van der Waals surface area (Å²) in [5, 5.41) is 22.1. The third kappa shape index (κ3) is 3.09. The molecule has 0 aliphatic carbocycles. The van der Waals surface area contributed by atoms with Gasteiger partial charge < -0.3 is 10.6 Å². The number of aromatic nitrogens is 2. The zero-order chi connectivity index (χ0) is 14.7. The van der Waals surface area contributed by atoms with Crippen LogP contribution in [0.15, 0.2) is 0 Å². The molecule has 0 spiro atoms. The van der Waals surface area contributed by atoms with Gasteiger partial charge in [-0.1, -0.05) is 0 Å². The second-order valence-corrected chi connectivity index (χ2v) is 5.67. The lowest BCUT2D eigenvalue weighted by Crippen LogP contribution is -2.34. The molecule has 1 atom stereocenters. The van der Waals surface area contributed by atoms with Crippen LogP contribution in [0.3, 0.4) is 0 Å². The van der Waals surface area contributed by atoms with Crippen LogP contribution >= 0.6 is 0 Å². The van der Waals surface area contributed by atoms with Crippen LogP contribution in [0.4, 0.5) is 11.5 Å². The van der Waals surface area contributed by atoms with Gasteiger partial charge in [0.25, 0.3) is 0 Å². The number of aryl methyl sites for hydroxylation is 1. The molecule has 1 saturated heterocycles. The smallest absolute Gasteiger partial charge is 0.333 e. The van der Waals surface area contributed by atoms with Crippen molar-refractivity contribution in [2.45, 2.75) is 39.7 Å². The second-order valence-electron chi connectivity index (χ2n) is 5.67. The molecule has 1 aliphatic rings. The molecule has 1 fully saturated rings. The molecular formula is C13H23N5O2. The molecule has 1 aromatic heterocycles. The van der Waals surface area contributed by atoms with Crippen molar-refractivity contribution in [3.8, 4) is 0 Å². The van der Waals surface area contributed by atoms with Crippen LogP contribution in [0.2, 0.25) is 0 Å². The highest BCUT2D eigenvalue weighted by Crippen LogP contribution is 2.30.